The van der Waals surface area contributed by atoms with Gasteiger partial charge in [-0.15, -0.1) is 0 Å². The highest BCUT2D eigenvalue weighted by molar-refractivity contribution is 5.80. The quantitative estimate of drug-likeness (QED) is 0.726. The van der Waals surface area contributed by atoms with E-state index >= 15 is 0 Å². The van der Waals surface area contributed by atoms with Crippen molar-refractivity contribution in [1.29, 1.82) is 0 Å². The van der Waals surface area contributed by atoms with Crippen molar-refractivity contribution in [2.75, 3.05) is 0 Å². The first kappa shape index (κ1) is 13.4. The summed E-state index contributed by atoms with van der Waals surface area (Å²) in [7, 11) is 0. The third-order valence-electron chi connectivity index (χ3n) is 2.78. The minimum atomic E-state index is -1.31. The molecule has 1 saturated heterocycles. The maximum Gasteiger partial charge on any atom is 0.313 e. The number of carbonyl (C=O) groups excluding carboxylic acids is 2. The van der Waals surface area contributed by atoms with E-state index in [1.165, 1.54) is 0 Å². The lowest BCUT2D eigenvalue weighted by Gasteiger charge is -2.38. The van der Waals surface area contributed by atoms with Crippen molar-refractivity contribution >= 4 is 11.9 Å². The minimum absolute atomic E-state index is 0.0704. The van der Waals surface area contributed by atoms with Gasteiger partial charge in [0.1, 0.15) is 11.7 Å². The number of hydrogen-bond acceptors (Lipinski definition) is 4. The molecule has 0 aromatic heterocycles. The Bertz CT molecular complexity index is 372. The monoisotopic (exact) mass is 257 g/mol. The number of rotatable bonds is 4. The van der Waals surface area contributed by atoms with Crippen molar-refractivity contribution in [1.82, 2.24) is 0 Å². The Kier molecular flexibility index (Phi) is 3.93. The molecule has 1 rings (SSSR count). The van der Waals surface area contributed by atoms with Crippen molar-refractivity contribution < 1.29 is 20.4 Å². The first-order valence-electron chi connectivity index (χ1n) is 6.91. The number of cyclic esters (lactones) is 1. The fourth-order valence-electron chi connectivity index (χ4n) is 1.87. The van der Waals surface area contributed by atoms with E-state index in [0.29, 0.717) is 0 Å². The van der Waals surface area contributed by atoms with Gasteiger partial charge in [-0.3, -0.25) is 9.59 Å². The average molecular weight is 257 g/mol. The molecule has 0 radical (unpaired) electrons. The van der Waals surface area contributed by atoms with Crippen LogP contribution in [0.15, 0.2) is 0 Å². The third kappa shape index (κ3) is 3.72. The van der Waals surface area contributed by atoms with Crippen LogP contribution in [0, 0.1) is 17.7 Å². The molecule has 3 atom stereocenters. The lowest BCUT2D eigenvalue weighted by atomic mass is 9.82. The van der Waals surface area contributed by atoms with E-state index in [1.807, 2.05) is 13.8 Å². The van der Waals surface area contributed by atoms with Gasteiger partial charge in [0.15, 0.2) is 0 Å². The molecule has 0 spiro atoms. The molecule has 0 N–H and O–H groups in total. The highest BCUT2D eigenvalue weighted by Crippen LogP contribution is 2.33. The van der Waals surface area contributed by atoms with Crippen LogP contribution in [0.4, 0.5) is 0 Å². The molecule has 0 aromatic carbocycles. The minimum Gasteiger partial charge on any atom is -0.461 e. The molecule has 1 aliphatic heterocycles. The molecule has 0 aromatic rings. The lowest BCUT2D eigenvalue weighted by molar-refractivity contribution is -0.193. The van der Waals surface area contributed by atoms with Crippen LogP contribution in [0.1, 0.15) is 49.3 Å². The fourth-order valence-corrected chi connectivity index (χ4v) is 1.87. The summed E-state index contributed by atoms with van der Waals surface area (Å²) in [4.78, 5) is 23.5. The van der Waals surface area contributed by atoms with E-state index in [1.54, 1.807) is 27.7 Å². The molecule has 0 bridgehead atoms. The van der Waals surface area contributed by atoms with Gasteiger partial charge in [0.05, 0.1) is 11.8 Å². The van der Waals surface area contributed by atoms with Gasteiger partial charge in [-0.2, -0.15) is 0 Å². The van der Waals surface area contributed by atoms with E-state index in [9.17, 15) is 9.59 Å². The first-order chi connectivity index (χ1) is 8.47. The Morgan fingerprint density at radius 1 is 1.44 bits per heavy atom. The van der Waals surface area contributed by atoms with Crippen molar-refractivity contribution in [2.24, 2.45) is 17.7 Å². The van der Waals surface area contributed by atoms with E-state index < -0.39 is 29.5 Å². The van der Waals surface area contributed by atoms with Crippen LogP contribution < -0.4 is 0 Å². The maximum atomic E-state index is 11.9. The van der Waals surface area contributed by atoms with Gasteiger partial charge in [0.25, 0.3) is 0 Å². The van der Waals surface area contributed by atoms with Crippen LogP contribution in [0.25, 0.3) is 0 Å². The summed E-state index contributed by atoms with van der Waals surface area (Å²) in [5, 5.41) is 0. The summed E-state index contributed by atoms with van der Waals surface area (Å²) in [5.74, 6) is -2.65. The van der Waals surface area contributed by atoms with Gasteiger partial charge >= 0.3 is 11.9 Å². The van der Waals surface area contributed by atoms with Gasteiger partial charge in [0, 0.05) is 1.37 Å². The normalized spacial score (nSPS) is 30.3. The Labute approximate surface area is 110 Å². The van der Waals surface area contributed by atoms with Crippen molar-refractivity contribution in [3.63, 3.8) is 0 Å². The zero-order chi connectivity index (χ0) is 15.0. The van der Waals surface area contributed by atoms with Gasteiger partial charge in [-0.25, -0.2) is 0 Å². The number of hydrogen-bond donors (Lipinski definition) is 0. The second-order valence-corrected chi connectivity index (χ2v) is 6.23. The van der Waals surface area contributed by atoms with Crippen molar-refractivity contribution in [3.8, 4) is 0 Å². The van der Waals surface area contributed by atoms with Crippen LogP contribution in [-0.4, -0.2) is 23.6 Å². The van der Waals surface area contributed by atoms with Crippen molar-refractivity contribution in [2.45, 2.75) is 59.7 Å². The molecule has 104 valence electrons. The predicted molar refractivity (Wildman–Crippen MR) is 67.8 cm³/mol. The average Bonchev–Trinajstić information content (AvgIpc) is 2.22. The second-order valence-electron chi connectivity index (χ2n) is 6.23. The van der Waals surface area contributed by atoms with Gasteiger partial charge in [-0.1, -0.05) is 20.8 Å². The largest absolute Gasteiger partial charge is 0.461 e. The summed E-state index contributed by atoms with van der Waals surface area (Å²) in [6, 6.07) is 0. The molecular formula is C14H24O4. The smallest absolute Gasteiger partial charge is 0.313 e. The van der Waals surface area contributed by atoms with E-state index in [0.717, 1.165) is 0 Å². The molecule has 1 heterocycles. The van der Waals surface area contributed by atoms with Crippen molar-refractivity contribution in [3.05, 3.63) is 0 Å². The fraction of sp³-hybridized carbons (Fsp3) is 0.857. The van der Waals surface area contributed by atoms with Gasteiger partial charge < -0.3 is 9.47 Å². The van der Waals surface area contributed by atoms with Crippen LogP contribution in [-0.2, 0) is 19.1 Å². The summed E-state index contributed by atoms with van der Waals surface area (Å²) >= 11 is 0. The Balaban J connectivity index is 2.68. The molecule has 18 heavy (non-hydrogen) atoms. The molecule has 1 fully saturated rings. The zero-order valence-electron chi connectivity index (χ0n) is 13.1. The number of esters is 2. The highest BCUT2D eigenvalue weighted by Gasteiger charge is 2.45. The SMILES string of the molecule is [2H][C@@]1(C[C@H](C)C(=O)OC(C)(C)C)C(=O)O[C@H]1C(C)C. The molecule has 4 nitrogen and oxygen atoms in total. The summed E-state index contributed by atoms with van der Waals surface area (Å²) in [6.07, 6.45) is -0.297. The number of ether oxygens (including phenoxy) is 2. The lowest BCUT2D eigenvalue weighted by Crippen LogP contribution is -2.49. The van der Waals surface area contributed by atoms with Crippen LogP contribution >= 0.6 is 0 Å². The van der Waals surface area contributed by atoms with E-state index in [-0.39, 0.29) is 18.3 Å². The zero-order valence-corrected chi connectivity index (χ0v) is 12.1. The summed E-state index contributed by atoms with van der Waals surface area (Å²) in [6.45, 7) is 10.9. The predicted octanol–water partition coefficient (Wildman–Crippen LogP) is 2.55. The van der Waals surface area contributed by atoms with Crippen LogP contribution in [0.2, 0.25) is 0 Å². The molecule has 0 saturated carbocycles. The standard InChI is InChI=1S/C14H24O4/c1-8(2)11-10(13(16)17-11)7-9(3)12(15)18-14(4,5)6/h8-11H,7H2,1-6H3/t9-,10-,11-/m0/s1/i10D. The summed E-state index contributed by atoms with van der Waals surface area (Å²) in [5.41, 5.74) is -0.557. The number of carbonyl (C=O) groups is 2. The first-order valence-corrected chi connectivity index (χ1v) is 6.41. The Morgan fingerprint density at radius 2 is 2.00 bits per heavy atom. The summed E-state index contributed by atoms with van der Waals surface area (Å²) < 4.78 is 18.5. The van der Waals surface area contributed by atoms with Crippen LogP contribution in [0.3, 0.4) is 0 Å². The van der Waals surface area contributed by atoms with Crippen LogP contribution in [0.5, 0.6) is 0 Å². The molecule has 1 aliphatic rings. The highest BCUT2D eigenvalue weighted by atomic mass is 16.6. The maximum absolute atomic E-state index is 11.9. The van der Waals surface area contributed by atoms with E-state index in [4.69, 9.17) is 10.8 Å². The third-order valence-corrected chi connectivity index (χ3v) is 2.78. The molecule has 0 amide bonds. The van der Waals surface area contributed by atoms with Gasteiger partial charge in [-0.05, 0) is 33.1 Å². The topological polar surface area (TPSA) is 52.6 Å². The second kappa shape index (κ2) is 5.29. The van der Waals surface area contributed by atoms with Gasteiger partial charge in [0.2, 0.25) is 0 Å². The molecule has 4 heteroatoms. The van der Waals surface area contributed by atoms with E-state index in [2.05, 4.69) is 0 Å². The Morgan fingerprint density at radius 3 is 2.39 bits per heavy atom. The Hall–Kier alpha value is -1.06. The molecule has 0 unspecified atom stereocenters. The molecular weight excluding hydrogens is 232 g/mol. The molecule has 0 aliphatic carbocycles.